The first kappa shape index (κ1) is 40.8. The van der Waals surface area contributed by atoms with Crippen LogP contribution in [0.5, 0.6) is 5.75 Å². The fraction of sp³-hybridized carbons (Fsp3) is 0.436. The van der Waals surface area contributed by atoms with Gasteiger partial charge in [0, 0.05) is 68.2 Å². The Bertz CT molecular complexity index is 2020. The second kappa shape index (κ2) is 18.3. The maximum absolute atomic E-state index is 15.1. The molecule has 0 saturated carbocycles. The van der Waals surface area contributed by atoms with Gasteiger partial charge in [0.25, 0.3) is 5.91 Å². The maximum atomic E-state index is 15.1. The summed E-state index contributed by atoms with van der Waals surface area (Å²) in [5.74, 6) is -2.47. The number of nitrogens with one attached hydrogen (secondary N) is 4. The number of carbonyl (C=O) groups is 5. The number of aromatic nitrogens is 2. The predicted molar refractivity (Wildman–Crippen MR) is 207 cm³/mol. The topological polar surface area (TPSA) is 169 Å². The first-order valence-electron chi connectivity index (χ1n) is 18.2. The molecule has 4 aromatic rings. The van der Waals surface area contributed by atoms with Gasteiger partial charge in [0.05, 0.1) is 26.2 Å². The number of benzene rings is 2. The Morgan fingerprint density at radius 3 is 2.40 bits per heavy atom. The van der Waals surface area contributed by atoms with E-state index < -0.39 is 47.6 Å². The van der Waals surface area contributed by atoms with Crippen LogP contribution in [0, 0.1) is 11.7 Å². The number of aromatic amines is 1. The van der Waals surface area contributed by atoms with Crippen molar-refractivity contribution in [1.29, 1.82) is 0 Å². The van der Waals surface area contributed by atoms with Crippen LogP contribution in [0.1, 0.15) is 59.9 Å². The van der Waals surface area contributed by atoms with E-state index in [0.29, 0.717) is 17.2 Å². The van der Waals surface area contributed by atoms with Crippen LogP contribution in [0.4, 0.5) is 4.39 Å². The van der Waals surface area contributed by atoms with Crippen LogP contribution in [0.2, 0.25) is 0 Å². The van der Waals surface area contributed by atoms with E-state index in [1.807, 2.05) is 38.1 Å². The Labute approximate surface area is 323 Å². The van der Waals surface area contributed by atoms with Gasteiger partial charge < -0.3 is 35.5 Å². The number of likely N-dealkylation sites (N-methyl/N-ethyl adjacent to an activating group) is 2. The number of thiazole rings is 1. The minimum absolute atomic E-state index is 0.00802. The zero-order valence-corrected chi connectivity index (χ0v) is 32.8. The third-order valence-corrected chi connectivity index (χ3v) is 10.4. The Morgan fingerprint density at radius 2 is 1.65 bits per heavy atom. The highest BCUT2D eigenvalue weighted by atomic mass is 32.1. The summed E-state index contributed by atoms with van der Waals surface area (Å²) < 4.78 is 20.5. The van der Waals surface area contributed by atoms with E-state index in [0.717, 1.165) is 16.5 Å². The average Bonchev–Trinajstić information content (AvgIpc) is 3.81. The number of amides is 5. The Kier molecular flexibility index (Phi) is 13.6. The average molecular weight is 777 g/mol. The van der Waals surface area contributed by atoms with Gasteiger partial charge in [-0.3, -0.25) is 28.9 Å². The molecule has 55 heavy (non-hydrogen) atoms. The normalized spacial score (nSPS) is 20.3. The molecule has 5 rings (SSSR count). The fourth-order valence-electron chi connectivity index (χ4n) is 6.60. The third-order valence-electron chi connectivity index (χ3n) is 9.47. The molecule has 294 valence electrons. The van der Waals surface area contributed by atoms with E-state index >= 15 is 4.39 Å². The summed E-state index contributed by atoms with van der Waals surface area (Å²) in [4.78, 5) is 80.2. The Balaban J connectivity index is 1.47. The van der Waals surface area contributed by atoms with Crippen molar-refractivity contribution >= 4 is 51.8 Å². The van der Waals surface area contributed by atoms with Crippen molar-refractivity contribution in [2.24, 2.45) is 5.92 Å². The zero-order valence-electron chi connectivity index (χ0n) is 32.0. The molecule has 3 atom stereocenters. The van der Waals surface area contributed by atoms with Crippen molar-refractivity contribution in [2.75, 3.05) is 47.4 Å². The summed E-state index contributed by atoms with van der Waals surface area (Å²) in [6.07, 6.45) is 2.43. The molecule has 0 unspecified atom stereocenters. The molecule has 16 heteroatoms. The second-order valence-corrected chi connectivity index (χ2v) is 15.2. The third kappa shape index (κ3) is 10.5. The first-order valence-corrected chi connectivity index (χ1v) is 19.1. The minimum atomic E-state index is -1.07. The molecule has 1 aliphatic rings. The predicted octanol–water partition coefficient (Wildman–Crippen LogP) is 3.25. The van der Waals surface area contributed by atoms with E-state index in [1.165, 1.54) is 47.4 Å². The molecule has 0 fully saturated rings. The number of ether oxygens (including phenoxy) is 1. The molecule has 5 amide bonds. The molecule has 2 aromatic heterocycles. The van der Waals surface area contributed by atoms with Gasteiger partial charge in [0.15, 0.2) is 0 Å². The largest absolute Gasteiger partial charge is 0.496 e. The van der Waals surface area contributed by atoms with E-state index in [-0.39, 0.29) is 62.2 Å². The van der Waals surface area contributed by atoms with Gasteiger partial charge in [-0.2, -0.15) is 0 Å². The van der Waals surface area contributed by atoms with Crippen LogP contribution in [-0.2, 0) is 32.1 Å². The highest BCUT2D eigenvalue weighted by molar-refractivity contribution is 7.09. The summed E-state index contributed by atoms with van der Waals surface area (Å²) in [7, 11) is 4.48. The SMILES string of the molecule is COc1cccc(F)c1CN1CCN(C)C(=O)[C@H](C)NC(=O)CN(C)C(=O)[C@@H](Cc2c[nH]c3ccccc23)NC(=O)c2csc(n2)[C@H](CC(C)C)NC(=O)C1. The van der Waals surface area contributed by atoms with E-state index in [4.69, 9.17) is 4.74 Å². The minimum Gasteiger partial charge on any atom is -0.496 e. The van der Waals surface area contributed by atoms with E-state index in [2.05, 4.69) is 25.9 Å². The van der Waals surface area contributed by atoms with Gasteiger partial charge in [-0.05, 0) is 43.0 Å². The number of halogens is 1. The molecular formula is C39H49FN8O6S. The monoisotopic (exact) mass is 776 g/mol. The number of methoxy groups -OCH3 is 1. The number of nitrogens with zero attached hydrogens (tertiary/aromatic N) is 4. The van der Waals surface area contributed by atoms with Crippen molar-refractivity contribution < 1.29 is 33.1 Å². The van der Waals surface area contributed by atoms with Gasteiger partial charge in [0.2, 0.25) is 23.6 Å². The van der Waals surface area contributed by atoms with Gasteiger partial charge in [-0.25, -0.2) is 9.37 Å². The summed E-state index contributed by atoms with van der Waals surface area (Å²) in [5.41, 5.74) is 2.00. The summed E-state index contributed by atoms with van der Waals surface area (Å²) in [5, 5.41) is 11.6. The van der Waals surface area contributed by atoms with Crippen LogP contribution < -0.4 is 20.7 Å². The van der Waals surface area contributed by atoms with Gasteiger partial charge >= 0.3 is 0 Å². The zero-order chi connectivity index (χ0) is 39.8. The molecular weight excluding hydrogens is 728 g/mol. The molecule has 3 heterocycles. The van der Waals surface area contributed by atoms with Crippen molar-refractivity contribution in [1.82, 2.24) is 40.6 Å². The Hall–Kier alpha value is -5.35. The lowest BCUT2D eigenvalue weighted by Gasteiger charge is -2.28. The standard InChI is InChI=1S/C39H49FN8O6S/c1-23(2)16-30-37-45-32(22-55-37)36(51)44-31(17-25-18-41-29-12-8-7-10-26(25)29)39(53)47(5)20-34(49)42-24(3)38(52)46(4)14-15-48(21-35(50)43-30)19-27-28(40)11-9-13-33(27)54-6/h7-13,18,22-24,30-31,41H,14-17,19-21H2,1-6H3,(H,42,49)(H,43,50)(H,44,51)/t24-,30-,31+/m0/s1. The number of hydrogen-bond donors (Lipinski definition) is 4. The van der Waals surface area contributed by atoms with Gasteiger partial charge in [-0.15, -0.1) is 11.3 Å². The number of para-hydroxylation sites is 1. The number of fused-ring (bicyclic) bond motifs is 3. The van der Waals surface area contributed by atoms with Crippen molar-refractivity contribution in [3.8, 4) is 5.75 Å². The molecule has 0 saturated heterocycles. The lowest BCUT2D eigenvalue weighted by atomic mass is 10.0. The number of rotatable bonds is 7. The molecule has 2 aromatic carbocycles. The van der Waals surface area contributed by atoms with Crippen molar-refractivity contribution in [2.45, 2.75) is 58.3 Å². The number of H-pyrrole nitrogens is 1. The summed E-state index contributed by atoms with van der Waals surface area (Å²) in [6.45, 7) is 5.38. The molecule has 4 N–H and O–H groups in total. The molecule has 2 bridgehead atoms. The molecule has 1 aliphatic heterocycles. The van der Waals surface area contributed by atoms with Gasteiger partial charge in [0.1, 0.15) is 34.4 Å². The molecule has 0 spiro atoms. The van der Waals surface area contributed by atoms with Crippen LogP contribution in [0.3, 0.4) is 0 Å². The smallest absolute Gasteiger partial charge is 0.271 e. The molecule has 14 nitrogen and oxygen atoms in total. The summed E-state index contributed by atoms with van der Waals surface area (Å²) >= 11 is 1.22. The second-order valence-electron chi connectivity index (χ2n) is 14.3. The van der Waals surface area contributed by atoms with Crippen molar-refractivity contribution in [3.05, 3.63) is 81.7 Å². The van der Waals surface area contributed by atoms with Crippen LogP contribution >= 0.6 is 11.3 Å². The van der Waals surface area contributed by atoms with Gasteiger partial charge in [-0.1, -0.05) is 38.1 Å². The van der Waals surface area contributed by atoms with Crippen LogP contribution in [-0.4, -0.2) is 114 Å². The Morgan fingerprint density at radius 1 is 0.909 bits per heavy atom. The summed E-state index contributed by atoms with van der Waals surface area (Å²) in [6, 6.07) is 9.52. The van der Waals surface area contributed by atoms with E-state index in [1.54, 1.807) is 36.5 Å². The van der Waals surface area contributed by atoms with E-state index in [9.17, 15) is 24.0 Å². The molecule has 0 aliphatic carbocycles. The molecule has 0 radical (unpaired) electrons. The lowest BCUT2D eigenvalue weighted by molar-refractivity contribution is -0.138. The highest BCUT2D eigenvalue weighted by Crippen LogP contribution is 2.26. The fourth-order valence-corrected chi connectivity index (χ4v) is 7.46. The first-order chi connectivity index (χ1) is 26.2. The van der Waals surface area contributed by atoms with Crippen molar-refractivity contribution in [3.63, 3.8) is 0 Å². The maximum Gasteiger partial charge on any atom is 0.271 e. The highest BCUT2D eigenvalue weighted by Gasteiger charge is 2.30. The number of hydrogen-bond acceptors (Lipinski definition) is 9. The lowest BCUT2D eigenvalue weighted by Crippen LogP contribution is -2.53. The number of carbonyl (C=O) groups excluding carboxylic acids is 5. The quantitative estimate of drug-likeness (QED) is 0.222. The van der Waals surface area contributed by atoms with Crippen LogP contribution in [0.25, 0.3) is 10.9 Å². The van der Waals surface area contributed by atoms with Crippen LogP contribution in [0.15, 0.2) is 54.0 Å².